The van der Waals surface area contributed by atoms with Crippen molar-refractivity contribution in [3.05, 3.63) is 29.3 Å². The molecule has 0 atom stereocenters. The number of hydrogen-bond donors (Lipinski definition) is 2. The number of carbonyl (C=O) groups excluding carboxylic acids is 1. The van der Waals surface area contributed by atoms with Gasteiger partial charge in [-0.15, -0.1) is 12.4 Å². The number of fused-ring (bicyclic) bond motifs is 2. The van der Waals surface area contributed by atoms with Gasteiger partial charge in [-0.05, 0) is 43.6 Å². The fourth-order valence-corrected chi connectivity index (χ4v) is 2.96. The molecular formula is C13H14ClF3N2O. The molecule has 0 radical (unpaired) electrons. The molecule has 2 N–H and O–H groups in total. The molecule has 2 aliphatic rings. The minimum absolute atomic E-state index is 0. The summed E-state index contributed by atoms with van der Waals surface area (Å²) in [7, 11) is 0. The highest BCUT2D eigenvalue weighted by molar-refractivity contribution is 6.06. The summed E-state index contributed by atoms with van der Waals surface area (Å²) >= 11 is 0. The Hall–Kier alpha value is -1.27. The average Bonchev–Trinajstić information content (AvgIpc) is 2.62. The van der Waals surface area contributed by atoms with Gasteiger partial charge in [0.05, 0.1) is 11.0 Å². The van der Waals surface area contributed by atoms with E-state index in [0.717, 1.165) is 12.1 Å². The smallest absolute Gasteiger partial charge is 0.325 e. The number of hydrogen-bond acceptors (Lipinski definition) is 2. The van der Waals surface area contributed by atoms with Crippen LogP contribution in [0.1, 0.15) is 24.0 Å². The normalized spacial score (nSPS) is 20.2. The molecule has 0 aliphatic carbocycles. The Labute approximate surface area is 120 Å². The lowest BCUT2D eigenvalue weighted by molar-refractivity contribution is -0.137. The van der Waals surface area contributed by atoms with E-state index in [1.807, 2.05) is 0 Å². The van der Waals surface area contributed by atoms with Crippen molar-refractivity contribution in [1.82, 2.24) is 5.32 Å². The van der Waals surface area contributed by atoms with Gasteiger partial charge in [-0.25, -0.2) is 0 Å². The lowest BCUT2D eigenvalue weighted by Crippen LogP contribution is -2.44. The number of amides is 1. The zero-order valence-corrected chi connectivity index (χ0v) is 11.3. The molecule has 1 aromatic carbocycles. The Morgan fingerprint density at radius 3 is 2.40 bits per heavy atom. The van der Waals surface area contributed by atoms with Crippen LogP contribution >= 0.6 is 12.4 Å². The van der Waals surface area contributed by atoms with Crippen molar-refractivity contribution >= 4 is 24.0 Å². The lowest BCUT2D eigenvalue weighted by atomic mass is 9.74. The van der Waals surface area contributed by atoms with E-state index in [9.17, 15) is 18.0 Å². The second-order valence-corrected chi connectivity index (χ2v) is 5.04. The van der Waals surface area contributed by atoms with Gasteiger partial charge >= 0.3 is 6.18 Å². The van der Waals surface area contributed by atoms with Gasteiger partial charge in [0, 0.05) is 5.69 Å². The summed E-state index contributed by atoms with van der Waals surface area (Å²) in [5, 5.41) is 5.77. The van der Waals surface area contributed by atoms with Crippen LogP contribution in [0.5, 0.6) is 0 Å². The largest absolute Gasteiger partial charge is 0.416 e. The maximum absolute atomic E-state index is 12.7. The third-order valence-corrected chi connectivity index (χ3v) is 4.00. The van der Waals surface area contributed by atoms with Gasteiger partial charge in [-0.3, -0.25) is 4.79 Å². The number of benzene rings is 1. The number of halogens is 4. The standard InChI is InChI=1S/C13H13F3N2O.ClH/c14-13(15,16)8-1-2-9-10(7-8)18-11(19)12(9)3-5-17-6-4-12;/h1-2,7,17H,3-6H2,(H,18,19);1H. The van der Waals surface area contributed by atoms with Crippen LogP contribution in [0.4, 0.5) is 18.9 Å². The molecule has 110 valence electrons. The van der Waals surface area contributed by atoms with Crippen LogP contribution in [-0.2, 0) is 16.4 Å². The minimum Gasteiger partial charge on any atom is -0.325 e. The van der Waals surface area contributed by atoms with Crippen molar-refractivity contribution in [1.29, 1.82) is 0 Å². The summed E-state index contributed by atoms with van der Waals surface area (Å²) in [6, 6.07) is 3.54. The molecular weight excluding hydrogens is 293 g/mol. The van der Waals surface area contributed by atoms with E-state index in [0.29, 0.717) is 37.2 Å². The van der Waals surface area contributed by atoms with Crippen LogP contribution in [0.2, 0.25) is 0 Å². The van der Waals surface area contributed by atoms with E-state index < -0.39 is 17.2 Å². The topological polar surface area (TPSA) is 41.1 Å². The van der Waals surface area contributed by atoms with Gasteiger partial charge in [-0.2, -0.15) is 13.2 Å². The second kappa shape index (κ2) is 4.93. The first-order valence-electron chi connectivity index (χ1n) is 6.17. The number of piperidine rings is 1. The molecule has 1 spiro atoms. The summed E-state index contributed by atoms with van der Waals surface area (Å²) < 4.78 is 38.0. The van der Waals surface area contributed by atoms with Crippen molar-refractivity contribution < 1.29 is 18.0 Å². The van der Waals surface area contributed by atoms with Gasteiger partial charge in [0.1, 0.15) is 0 Å². The predicted octanol–water partition coefficient (Wildman–Crippen LogP) is 2.70. The first-order chi connectivity index (χ1) is 8.93. The van der Waals surface area contributed by atoms with Crippen molar-refractivity contribution in [3.63, 3.8) is 0 Å². The van der Waals surface area contributed by atoms with E-state index in [2.05, 4.69) is 10.6 Å². The Bertz CT molecular complexity index is 539. The Balaban J connectivity index is 0.00000147. The predicted molar refractivity (Wildman–Crippen MR) is 71.1 cm³/mol. The molecule has 2 aliphatic heterocycles. The van der Waals surface area contributed by atoms with Crippen molar-refractivity contribution in [2.45, 2.75) is 24.4 Å². The molecule has 7 heteroatoms. The van der Waals surface area contributed by atoms with E-state index in [1.165, 1.54) is 6.07 Å². The van der Waals surface area contributed by atoms with Crippen LogP contribution in [0.15, 0.2) is 18.2 Å². The van der Waals surface area contributed by atoms with Crippen LogP contribution in [0, 0.1) is 0 Å². The fraction of sp³-hybridized carbons (Fsp3) is 0.462. The molecule has 3 rings (SSSR count). The van der Waals surface area contributed by atoms with Gasteiger partial charge in [0.15, 0.2) is 0 Å². The van der Waals surface area contributed by atoms with Gasteiger partial charge in [-0.1, -0.05) is 6.07 Å². The maximum atomic E-state index is 12.7. The Kier molecular flexibility index (Phi) is 3.73. The van der Waals surface area contributed by atoms with Gasteiger partial charge in [0.2, 0.25) is 5.91 Å². The third kappa shape index (κ3) is 2.16. The Morgan fingerprint density at radius 1 is 1.15 bits per heavy atom. The van der Waals surface area contributed by atoms with Crippen LogP contribution in [0.25, 0.3) is 0 Å². The highest BCUT2D eigenvalue weighted by atomic mass is 35.5. The number of carbonyl (C=O) groups is 1. The SMILES string of the molecule is Cl.O=C1Nc2cc(C(F)(F)F)ccc2C12CCNCC2. The van der Waals surface area contributed by atoms with E-state index in [1.54, 1.807) is 0 Å². The quantitative estimate of drug-likeness (QED) is 0.774. The molecule has 2 heterocycles. The summed E-state index contributed by atoms with van der Waals surface area (Å²) in [6.45, 7) is 1.40. The molecule has 0 saturated carbocycles. The highest BCUT2D eigenvalue weighted by Gasteiger charge is 2.47. The van der Waals surface area contributed by atoms with Crippen molar-refractivity contribution in [2.24, 2.45) is 0 Å². The molecule has 1 aromatic rings. The number of rotatable bonds is 0. The van der Waals surface area contributed by atoms with E-state index in [-0.39, 0.29) is 18.3 Å². The summed E-state index contributed by atoms with van der Waals surface area (Å²) in [6.07, 6.45) is -3.14. The van der Waals surface area contributed by atoms with Crippen molar-refractivity contribution in [3.8, 4) is 0 Å². The van der Waals surface area contributed by atoms with Crippen LogP contribution in [-0.4, -0.2) is 19.0 Å². The lowest BCUT2D eigenvalue weighted by Gasteiger charge is -2.32. The number of anilines is 1. The van der Waals surface area contributed by atoms with Gasteiger partial charge < -0.3 is 10.6 Å². The molecule has 0 bridgehead atoms. The van der Waals surface area contributed by atoms with Crippen LogP contribution in [0.3, 0.4) is 0 Å². The Morgan fingerprint density at radius 2 is 1.80 bits per heavy atom. The summed E-state index contributed by atoms with van der Waals surface area (Å²) in [5.74, 6) is -0.177. The summed E-state index contributed by atoms with van der Waals surface area (Å²) in [5.41, 5.74) is -0.365. The second-order valence-electron chi connectivity index (χ2n) is 5.04. The molecule has 1 saturated heterocycles. The minimum atomic E-state index is -4.39. The fourth-order valence-electron chi connectivity index (χ4n) is 2.96. The van der Waals surface area contributed by atoms with Crippen molar-refractivity contribution in [2.75, 3.05) is 18.4 Å². The monoisotopic (exact) mass is 306 g/mol. The molecule has 0 unspecified atom stereocenters. The van der Waals surface area contributed by atoms with E-state index in [4.69, 9.17) is 0 Å². The van der Waals surface area contributed by atoms with Crippen LogP contribution < -0.4 is 10.6 Å². The zero-order valence-electron chi connectivity index (χ0n) is 10.5. The third-order valence-electron chi connectivity index (χ3n) is 4.00. The molecule has 0 aromatic heterocycles. The first kappa shape index (κ1) is 15.1. The molecule has 1 amide bonds. The highest BCUT2D eigenvalue weighted by Crippen LogP contribution is 2.45. The van der Waals surface area contributed by atoms with E-state index >= 15 is 0 Å². The average molecular weight is 307 g/mol. The summed E-state index contributed by atoms with van der Waals surface area (Å²) in [4.78, 5) is 12.1. The first-order valence-corrected chi connectivity index (χ1v) is 6.17. The molecule has 1 fully saturated rings. The zero-order chi connectivity index (χ0) is 13.7. The number of nitrogens with one attached hydrogen (secondary N) is 2. The molecule has 3 nitrogen and oxygen atoms in total. The molecule has 20 heavy (non-hydrogen) atoms. The number of alkyl halides is 3. The maximum Gasteiger partial charge on any atom is 0.416 e. The van der Waals surface area contributed by atoms with Gasteiger partial charge in [0.25, 0.3) is 0 Å².